The van der Waals surface area contributed by atoms with Crippen molar-refractivity contribution in [3.63, 3.8) is 0 Å². The van der Waals surface area contributed by atoms with Gasteiger partial charge in [-0.1, -0.05) is 0 Å². The number of aromatic hydroxyl groups is 1. The van der Waals surface area contributed by atoms with Crippen LogP contribution in [0.1, 0.15) is 22.3 Å². The predicted octanol–water partition coefficient (Wildman–Crippen LogP) is 2.03. The Hall–Kier alpha value is -1.65. The number of benzene rings is 1. The van der Waals surface area contributed by atoms with E-state index >= 15 is 0 Å². The van der Waals surface area contributed by atoms with Crippen molar-refractivity contribution in [3.8, 4) is 5.75 Å². The maximum atomic E-state index is 12.2. The van der Waals surface area contributed by atoms with Crippen LogP contribution in [-0.4, -0.2) is 16.2 Å². The molecular weight excluding hydrogens is 182 g/mol. The Bertz CT molecular complexity index is 336. The lowest BCUT2D eigenvalue weighted by Gasteiger charge is -2.04. The van der Waals surface area contributed by atoms with E-state index in [1.807, 2.05) is 0 Å². The van der Waals surface area contributed by atoms with Crippen LogP contribution in [0.5, 0.6) is 5.75 Å². The van der Waals surface area contributed by atoms with E-state index in [1.54, 1.807) is 0 Å². The largest absolute Gasteiger partial charge is 0.508 e. The van der Waals surface area contributed by atoms with Crippen LogP contribution in [0.15, 0.2) is 18.2 Å². The van der Waals surface area contributed by atoms with E-state index in [1.165, 1.54) is 0 Å². The summed E-state index contributed by atoms with van der Waals surface area (Å²) in [5, 5.41) is 17.3. The number of rotatable bonds is 2. The van der Waals surface area contributed by atoms with Crippen LogP contribution in [0.2, 0.25) is 0 Å². The molecule has 3 nitrogen and oxygen atoms in total. The Balaban J connectivity index is 3.26. The topological polar surface area (TPSA) is 57.5 Å². The number of phenolic OH excluding ortho intramolecular Hbond substituents is 1. The van der Waals surface area contributed by atoms with E-state index in [9.17, 15) is 13.6 Å². The minimum absolute atomic E-state index is 0.375. The molecule has 13 heavy (non-hydrogen) atoms. The Kier molecular flexibility index (Phi) is 2.46. The Labute approximate surface area is 72.2 Å². The third-order valence-electron chi connectivity index (χ3n) is 1.50. The van der Waals surface area contributed by atoms with Crippen LogP contribution in [-0.2, 0) is 0 Å². The van der Waals surface area contributed by atoms with Gasteiger partial charge in [-0.25, -0.2) is 13.6 Å². The Morgan fingerprint density at radius 3 is 2.46 bits per heavy atom. The summed E-state index contributed by atoms with van der Waals surface area (Å²) in [6, 6.07) is 2.74. The van der Waals surface area contributed by atoms with Crippen molar-refractivity contribution in [2.45, 2.75) is 6.43 Å². The SMILES string of the molecule is O=C(O)c1ccc(O)cc1C(F)F. The highest BCUT2D eigenvalue weighted by atomic mass is 19.3. The first-order chi connectivity index (χ1) is 6.02. The van der Waals surface area contributed by atoms with E-state index < -0.39 is 23.5 Å². The first kappa shape index (κ1) is 9.44. The summed E-state index contributed by atoms with van der Waals surface area (Å²) in [5.41, 5.74) is -1.17. The van der Waals surface area contributed by atoms with Gasteiger partial charge in [-0.05, 0) is 18.2 Å². The molecule has 70 valence electrons. The Morgan fingerprint density at radius 2 is 2.00 bits per heavy atom. The molecule has 0 atom stereocenters. The van der Waals surface area contributed by atoms with E-state index in [2.05, 4.69) is 0 Å². The fraction of sp³-hybridized carbons (Fsp3) is 0.125. The standard InChI is InChI=1S/C8H6F2O3/c9-7(10)6-3-4(11)1-2-5(6)8(12)13/h1-3,7,11H,(H,12,13). The minimum atomic E-state index is -2.90. The lowest BCUT2D eigenvalue weighted by atomic mass is 10.1. The molecule has 1 aromatic rings. The number of carboxylic acid groups (broad SMARTS) is 1. The molecule has 5 heteroatoms. The van der Waals surface area contributed by atoms with Crippen molar-refractivity contribution < 1.29 is 23.8 Å². The predicted molar refractivity (Wildman–Crippen MR) is 40.0 cm³/mol. The zero-order chi connectivity index (χ0) is 10.0. The van der Waals surface area contributed by atoms with E-state index in [0.29, 0.717) is 0 Å². The maximum absolute atomic E-state index is 12.2. The summed E-state index contributed by atoms with van der Waals surface area (Å²) in [4.78, 5) is 10.4. The van der Waals surface area contributed by atoms with E-state index in [0.717, 1.165) is 18.2 Å². The maximum Gasteiger partial charge on any atom is 0.336 e. The molecule has 0 unspecified atom stereocenters. The second-order valence-corrected chi connectivity index (χ2v) is 2.38. The summed E-state index contributed by atoms with van der Waals surface area (Å²) in [5.74, 6) is -1.81. The molecule has 0 radical (unpaired) electrons. The molecule has 1 aromatic carbocycles. The fourth-order valence-electron chi connectivity index (χ4n) is 0.925. The average Bonchev–Trinajstić information content (AvgIpc) is 2.03. The first-order valence-electron chi connectivity index (χ1n) is 3.36. The van der Waals surface area contributed by atoms with Crippen molar-refractivity contribution in [1.29, 1.82) is 0 Å². The molecule has 0 spiro atoms. The fourth-order valence-corrected chi connectivity index (χ4v) is 0.925. The molecule has 0 saturated carbocycles. The highest BCUT2D eigenvalue weighted by Crippen LogP contribution is 2.26. The van der Waals surface area contributed by atoms with Gasteiger partial charge in [-0.2, -0.15) is 0 Å². The highest BCUT2D eigenvalue weighted by molar-refractivity contribution is 5.89. The molecule has 0 amide bonds. The van der Waals surface area contributed by atoms with Gasteiger partial charge in [-0.15, -0.1) is 0 Å². The number of aromatic carboxylic acids is 1. The van der Waals surface area contributed by atoms with Crippen LogP contribution in [0.4, 0.5) is 8.78 Å². The number of carboxylic acids is 1. The van der Waals surface area contributed by atoms with Crippen LogP contribution < -0.4 is 0 Å². The zero-order valence-electron chi connectivity index (χ0n) is 6.37. The number of alkyl halides is 2. The van der Waals surface area contributed by atoms with Crippen molar-refractivity contribution >= 4 is 5.97 Å². The number of phenols is 1. The van der Waals surface area contributed by atoms with Gasteiger partial charge in [0.2, 0.25) is 0 Å². The Morgan fingerprint density at radius 1 is 1.38 bits per heavy atom. The third-order valence-corrected chi connectivity index (χ3v) is 1.50. The number of halogens is 2. The third kappa shape index (κ3) is 1.93. The first-order valence-corrected chi connectivity index (χ1v) is 3.36. The molecule has 0 aromatic heterocycles. The van der Waals surface area contributed by atoms with Gasteiger partial charge in [0, 0.05) is 5.56 Å². The minimum Gasteiger partial charge on any atom is -0.508 e. The van der Waals surface area contributed by atoms with Gasteiger partial charge < -0.3 is 10.2 Å². The van der Waals surface area contributed by atoms with Gasteiger partial charge in [0.25, 0.3) is 6.43 Å². The van der Waals surface area contributed by atoms with Gasteiger partial charge in [0.15, 0.2) is 0 Å². The molecule has 0 aliphatic heterocycles. The lowest BCUT2D eigenvalue weighted by Crippen LogP contribution is -2.02. The monoisotopic (exact) mass is 188 g/mol. The summed E-state index contributed by atoms with van der Waals surface area (Å²) in [7, 11) is 0. The molecule has 0 aliphatic rings. The van der Waals surface area contributed by atoms with Crippen molar-refractivity contribution in [2.24, 2.45) is 0 Å². The summed E-state index contributed by atoms with van der Waals surface area (Å²) >= 11 is 0. The number of hydrogen-bond acceptors (Lipinski definition) is 2. The summed E-state index contributed by atoms with van der Waals surface area (Å²) in [6.07, 6.45) is -2.90. The van der Waals surface area contributed by atoms with Crippen LogP contribution >= 0.6 is 0 Å². The molecule has 2 N–H and O–H groups in total. The van der Waals surface area contributed by atoms with Crippen LogP contribution in [0, 0.1) is 0 Å². The van der Waals surface area contributed by atoms with Crippen molar-refractivity contribution in [2.75, 3.05) is 0 Å². The highest BCUT2D eigenvalue weighted by Gasteiger charge is 2.17. The van der Waals surface area contributed by atoms with Gasteiger partial charge >= 0.3 is 5.97 Å². The summed E-state index contributed by atoms with van der Waals surface area (Å²) in [6.45, 7) is 0. The van der Waals surface area contributed by atoms with Gasteiger partial charge in [-0.3, -0.25) is 0 Å². The quantitative estimate of drug-likeness (QED) is 0.746. The van der Waals surface area contributed by atoms with E-state index in [-0.39, 0.29) is 5.75 Å². The van der Waals surface area contributed by atoms with Crippen LogP contribution in [0.25, 0.3) is 0 Å². The lowest BCUT2D eigenvalue weighted by molar-refractivity contribution is 0.0684. The van der Waals surface area contributed by atoms with Gasteiger partial charge in [0.05, 0.1) is 5.56 Å². The van der Waals surface area contributed by atoms with Crippen molar-refractivity contribution in [3.05, 3.63) is 29.3 Å². The normalized spacial score (nSPS) is 10.4. The van der Waals surface area contributed by atoms with E-state index in [4.69, 9.17) is 10.2 Å². The molecule has 0 aliphatic carbocycles. The molecule has 0 heterocycles. The molecule has 1 rings (SSSR count). The summed E-state index contributed by atoms with van der Waals surface area (Å²) < 4.78 is 24.4. The zero-order valence-corrected chi connectivity index (χ0v) is 6.37. The second-order valence-electron chi connectivity index (χ2n) is 2.38. The second kappa shape index (κ2) is 3.38. The number of hydrogen-bond donors (Lipinski definition) is 2. The van der Waals surface area contributed by atoms with Crippen molar-refractivity contribution in [1.82, 2.24) is 0 Å². The number of carbonyl (C=O) groups is 1. The average molecular weight is 188 g/mol. The molecular formula is C8H6F2O3. The van der Waals surface area contributed by atoms with Gasteiger partial charge in [0.1, 0.15) is 5.75 Å². The molecule has 0 bridgehead atoms. The smallest absolute Gasteiger partial charge is 0.336 e. The molecule has 0 fully saturated rings. The van der Waals surface area contributed by atoms with Crippen LogP contribution in [0.3, 0.4) is 0 Å². The molecule has 0 saturated heterocycles.